The van der Waals surface area contributed by atoms with Crippen LogP contribution in [-0.4, -0.2) is 30.7 Å². The third-order valence-electron chi connectivity index (χ3n) is 3.90. The van der Waals surface area contributed by atoms with E-state index in [1.165, 1.54) is 12.8 Å². The van der Waals surface area contributed by atoms with E-state index in [0.29, 0.717) is 0 Å². The van der Waals surface area contributed by atoms with E-state index in [2.05, 4.69) is 31.2 Å². The van der Waals surface area contributed by atoms with Gasteiger partial charge in [0, 0.05) is 22.0 Å². The Morgan fingerprint density at radius 1 is 1.45 bits per heavy atom. The van der Waals surface area contributed by atoms with Crippen molar-refractivity contribution in [1.82, 2.24) is 15.3 Å². The fraction of sp³-hybridized carbons (Fsp3) is 0.400. The minimum Gasteiger partial charge on any atom is -0.496 e. The van der Waals surface area contributed by atoms with Gasteiger partial charge in [-0.25, -0.2) is 4.98 Å². The zero-order valence-electron chi connectivity index (χ0n) is 11.7. The molecule has 0 bridgehead atoms. The zero-order chi connectivity index (χ0) is 14.2. The maximum atomic E-state index is 5.43. The highest BCUT2D eigenvalue weighted by Gasteiger charge is 2.46. The molecule has 1 aromatic carbocycles. The molecule has 1 saturated carbocycles. The Morgan fingerprint density at radius 2 is 2.25 bits per heavy atom. The van der Waals surface area contributed by atoms with Crippen molar-refractivity contribution >= 4 is 15.9 Å². The average molecular weight is 336 g/mol. The van der Waals surface area contributed by atoms with Gasteiger partial charge in [-0.05, 0) is 38.1 Å². The number of aromatic amines is 1. The van der Waals surface area contributed by atoms with E-state index in [-0.39, 0.29) is 5.41 Å². The summed E-state index contributed by atoms with van der Waals surface area (Å²) in [6.45, 7) is 0.968. The smallest absolute Gasteiger partial charge is 0.128 e. The molecule has 4 nitrogen and oxygen atoms in total. The van der Waals surface area contributed by atoms with Crippen molar-refractivity contribution in [3.8, 4) is 17.0 Å². The van der Waals surface area contributed by atoms with Crippen LogP contribution >= 0.6 is 15.9 Å². The van der Waals surface area contributed by atoms with Gasteiger partial charge in [-0.3, -0.25) is 0 Å². The van der Waals surface area contributed by atoms with E-state index in [4.69, 9.17) is 4.74 Å². The molecule has 5 heteroatoms. The average Bonchev–Trinajstić information content (AvgIpc) is 3.06. The number of hydrogen-bond acceptors (Lipinski definition) is 3. The molecule has 1 fully saturated rings. The lowest BCUT2D eigenvalue weighted by Gasteiger charge is -2.11. The molecule has 0 aliphatic heterocycles. The van der Waals surface area contributed by atoms with E-state index < -0.39 is 0 Å². The summed E-state index contributed by atoms with van der Waals surface area (Å²) in [5.74, 6) is 1.92. The Hall–Kier alpha value is -1.33. The van der Waals surface area contributed by atoms with Gasteiger partial charge in [0.15, 0.2) is 0 Å². The maximum Gasteiger partial charge on any atom is 0.128 e. The van der Waals surface area contributed by atoms with Gasteiger partial charge in [0.05, 0.1) is 19.0 Å². The first-order valence-corrected chi connectivity index (χ1v) is 7.52. The molecule has 0 saturated heterocycles. The molecular formula is C15H18BrN3O. The molecule has 106 valence electrons. The number of methoxy groups -OCH3 is 1. The van der Waals surface area contributed by atoms with E-state index in [1.54, 1.807) is 7.11 Å². The minimum absolute atomic E-state index is 0.201. The van der Waals surface area contributed by atoms with Crippen molar-refractivity contribution in [3.63, 3.8) is 0 Å². The predicted molar refractivity (Wildman–Crippen MR) is 83.1 cm³/mol. The van der Waals surface area contributed by atoms with E-state index in [1.807, 2.05) is 31.4 Å². The molecule has 1 heterocycles. The normalized spacial score (nSPS) is 16.1. The highest BCUT2D eigenvalue weighted by atomic mass is 79.9. The third-order valence-corrected chi connectivity index (χ3v) is 4.39. The van der Waals surface area contributed by atoms with Gasteiger partial charge in [0.1, 0.15) is 11.6 Å². The van der Waals surface area contributed by atoms with Gasteiger partial charge in [0.25, 0.3) is 0 Å². The summed E-state index contributed by atoms with van der Waals surface area (Å²) < 4.78 is 6.46. The predicted octanol–water partition coefficient (Wildman–Crippen LogP) is 3.10. The van der Waals surface area contributed by atoms with Crippen LogP contribution in [0.25, 0.3) is 11.3 Å². The quantitative estimate of drug-likeness (QED) is 0.882. The Kier molecular flexibility index (Phi) is 3.56. The summed E-state index contributed by atoms with van der Waals surface area (Å²) in [7, 11) is 3.68. The van der Waals surface area contributed by atoms with E-state index in [0.717, 1.165) is 33.8 Å². The fourth-order valence-corrected chi connectivity index (χ4v) is 2.97. The topological polar surface area (TPSA) is 49.9 Å². The third kappa shape index (κ3) is 2.36. The van der Waals surface area contributed by atoms with Gasteiger partial charge >= 0.3 is 0 Å². The number of nitrogens with zero attached hydrogens (tertiary/aromatic N) is 1. The van der Waals surface area contributed by atoms with Crippen molar-refractivity contribution < 1.29 is 4.74 Å². The standard InChI is InChI=1S/C15H18BrN3O/c1-17-9-15(5-6-15)14-18-8-12(19-14)11-7-10(16)3-4-13(11)20-2/h3-4,7-8,17H,5-6,9H2,1-2H3,(H,18,19). The lowest BCUT2D eigenvalue weighted by Crippen LogP contribution is -2.24. The number of rotatable bonds is 5. The second kappa shape index (κ2) is 5.22. The SMILES string of the molecule is CNCC1(c2ncc(-c3cc(Br)ccc3OC)[nH]2)CC1. The van der Waals surface area contributed by atoms with Crippen molar-refractivity contribution in [2.45, 2.75) is 18.3 Å². The van der Waals surface area contributed by atoms with Crippen LogP contribution in [-0.2, 0) is 5.41 Å². The molecule has 0 spiro atoms. The number of hydrogen-bond donors (Lipinski definition) is 2. The van der Waals surface area contributed by atoms with Gasteiger partial charge in [0.2, 0.25) is 0 Å². The highest BCUT2D eigenvalue weighted by Crippen LogP contribution is 2.46. The van der Waals surface area contributed by atoms with E-state index in [9.17, 15) is 0 Å². The first-order chi connectivity index (χ1) is 9.68. The molecule has 1 aliphatic rings. The summed E-state index contributed by atoms with van der Waals surface area (Å²) in [4.78, 5) is 8.05. The maximum absolute atomic E-state index is 5.43. The number of nitrogens with one attached hydrogen (secondary N) is 2. The van der Waals surface area contributed by atoms with Gasteiger partial charge in [-0.2, -0.15) is 0 Å². The number of aromatic nitrogens is 2. The van der Waals surface area contributed by atoms with Crippen LogP contribution in [0.5, 0.6) is 5.75 Å². The Labute approximate surface area is 127 Å². The van der Waals surface area contributed by atoms with Gasteiger partial charge < -0.3 is 15.0 Å². The lowest BCUT2D eigenvalue weighted by atomic mass is 10.1. The van der Waals surface area contributed by atoms with Crippen molar-refractivity contribution in [2.24, 2.45) is 0 Å². The summed E-state index contributed by atoms with van der Waals surface area (Å²) >= 11 is 3.51. The molecule has 0 atom stereocenters. The number of ether oxygens (including phenoxy) is 1. The van der Waals surface area contributed by atoms with Crippen molar-refractivity contribution in [3.05, 3.63) is 34.7 Å². The fourth-order valence-electron chi connectivity index (χ4n) is 2.60. The van der Waals surface area contributed by atoms with Crippen LogP contribution in [0, 0.1) is 0 Å². The summed E-state index contributed by atoms with van der Waals surface area (Å²) in [6, 6.07) is 5.98. The number of likely N-dealkylation sites (N-methyl/N-ethyl adjacent to an activating group) is 1. The highest BCUT2D eigenvalue weighted by molar-refractivity contribution is 9.10. The molecular weight excluding hydrogens is 318 g/mol. The Bertz CT molecular complexity index is 619. The van der Waals surface area contributed by atoms with Crippen LogP contribution in [0.4, 0.5) is 0 Å². The molecule has 0 unspecified atom stereocenters. The monoisotopic (exact) mass is 335 g/mol. The first kappa shape index (κ1) is 13.6. The van der Waals surface area contributed by atoms with Crippen LogP contribution in [0.1, 0.15) is 18.7 Å². The molecule has 3 rings (SSSR count). The van der Waals surface area contributed by atoms with Crippen LogP contribution in [0.2, 0.25) is 0 Å². The minimum atomic E-state index is 0.201. The summed E-state index contributed by atoms with van der Waals surface area (Å²) in [6.07, 6.45) is 4.28. The number of H-pyrrole nitrogens is 1. The van der Waals surface area contributed by atoms with Crippen molar-refractivity contribution in [1.29, 1.82) is 0 Å². The Morgan fingerprint density at radius 3 is 2.90 bits per heavy atom. The van der Waals surface area contributed by atoms with E-state index >= 15 is 0 Å². The Balaban J connectivity index is 1.96. The van der Waals surface area contributed by atoms with Gasteiger partial charge in [-0.1, -0.05) is 15.9 Å². The second-order valence-corrected chi connectivity index (χ2v) is 6.22. The van der Waals surface area contributed by atoms with Crippen molar-refractivity contribution in [2.75, 3.05) is 20.7 Å². The molecule has 1 aliphatic carbocycles. The molecule has 0 radical (unpaired) electrons. The molecule has 2 N–H and O–H groups in total. The second-order valence-electron chi connectivity index (χ2n) is 5.30. The number of imidazole rings is 1. The molecule has 0 amide bonds. The summed E-state index contributed by atoms with van der Waals surface area (Å²) in [5.41, 5.74) is 2.23. The lowest BCUT2D eigenvalue weighted by molar-refractivity contribution is 0.416. The molecule has 20 heavy (non-hydrogen) atoms. The van der Waals surface area contributed by atoms with Crippen LogP contribution in [0.3, 0.4) is 0 Å². The number of benzene rings is 1. The zero-order valence-corrected chi connectivity index (χ0v) is 13.3. The number of halogens is 1. The first-order valence-electron chi connectivity index (χ1n) is 6.72. The largest absolute Gasteiger partial charge is 0.496 e. The van der Waals surface area contributed by atoms with Gasteiger partial charge in [-0.15, -0.1) is 0 Å². The molecule has 1 aromatic heterocycles. The van der Waals surface area contributed by atoms with Crippen LogP contribution < -0.4 is 10.1 Å². The van der Waals surface area contributed by atoms with Crippen LogP contribution in [0.15, 0.2) is 28.9 Å². The molecule has 2 aromatic rings. The summed E-state index contributed by atoms with van der Waals surface area (Å²) in [5, 5.41) is 3.26.